The van der Waals surface area contributed by atoms with Crippen LogP contribution in [0.1, 0.15) is 18.4 Å². The molecule has 0 amide bonds. The monoisotopic (exact) mass is 215 g/mol. The molecule has 0 saturated carbocycles. The maximum absolute atomic E-state index is 12.0. The zero-order valence-corrected chi connectivity index (χ0v) is 8.67. The summed E-state index contributed by atoms with van der Waals surface area (Å²) < 4.78 is 33.3. The zero-order chi connectivity index (χ0) is 11.4. The summed E-state index contributed by atoms with van der Waals surface area (Å²) in [6, 6.07) is 4.80. The van der Waals surface area contributed by atoms with Crippen LogP contribution in [0.3, 0.4) is 0 Å². The molecule has 0 aromatic heterocycles. The van der Waals surface area contributed by atoms with Crippen LogP contribution in [-0.4, -0.2) is 13.7 Å². The fourth-order valence-corrected chi connectivity index (χ4v) is 1.18. The van der Waals surface area contributed by atoms with E-state index in [1.165, 1.54) is 13.2 Å². The predicted molar refractivity (Wildman–Crippen MR) is 53.4 cm³/mol. The minimum atomic E-state index is -2.85. The van der Waals surface area contributed by atoms with Crippen LogP contribution in [0.5, 0.6) is 11.5 Å². The fraction of sp³-hybridized carbons (Fsp3) is 0.364. The highest BCUT2D eigenvalue weighted by atomic mass is 19.3. The molecule has 1 rings (SSSR count). The van der Waals surface area contributed by atoms with Crippen LogP contribution < -0.4 is 9.47 Å². The Balaban J connectivity index is 2.98. The third kappa shape index (κ3) is 3.08. The fourth-order valence-electron chi connectivity index (χ4n) is 1.18. The van der Waals surface area contributed by atoms with E-state index in [0.29, 0.717) is 5.75 Å². The van der Waals surface area contributed by atoms with Crippen molar-refractivity contribution in [3.05, 3.63) is 30.7 Å². The maximum Gasteiger partial charge on any atom is 0.387 e. The van der Waals surface area contributed by atoms with Crippen LogP contribution >= 0.6 is 0 Å². The topological polar surface area (TPSA) is 18.5 Å². The molecule has 1 aromatic carbocycles. The maximum atomic E-state index is 12.0. The van der Waals surface area contributed by atoms with Crippen molar-refractivity contribution in [1.29, 1.82) is 0 Å². The van der Waals surface area contributed by atoms with Crippen molar-refractivity contribution in [3.8, 4) is 11.5 Å². The Morgan fingerprint density at radius 1 is 1.27 bits per heavy atom. The molecule has 0 fully saturated rings. The number of benzene rings is 1. The van der Waals surface area contributed by atoms with Gasteiger partial charge in [-0.3, -0.25) is 0 Å². The summed E-state index contributed by atoms with van der Waals surface area (Å²) >= 11 is 0. The summed E-state index contributed by atoms with van der Waals surface area (Å²) in [5.41, 5.74) is 0.911. The summed E-state index contributed by atoms with van der Waals surface area (Å²) in [5, 5.41) is 0. The number of rotatable bonds is 4. The van der Waals surface area contributed by atoms with Crippen LogP contribution in [0, 0.1) is 6.92 Å². The molecule has 1 aromatic rings. The highest BCUT2D eigenvalue weighted by molar-refractivity contribution is 5.44. The molecule has 4 heteroatoms. The van der Waals surface area contributed by atoms with Gasteiger partial charge in [-0.25, -0.2) is 0 Å². The molecule has 0 N–H and O–H groups in total. The van der Waals surface area contributed by atoms with Gasteiger partial charge in [-0.05, 0) is 30.5 Å². The first-order valence-corrected chi connectivity index (χ1v) is 4.50. The second-order valence-corrected chi connectivity index (χ2v) is 3.19. The van der Waals surface area contributed by atoms with Gasteiger partial charge < -0.3 is 9.47 Å². The molecule has 1 unspecified atom stereocenters. The molecule has 0 bridgehead atoms. The highest BCUT2D eigenvalue weighted by Gasteiger charge is 2.11. The molecule has 0 spiro atoms. The van der Waals surface area contributed by atoms with E-state index in [2.05, 4.69) is 11.7 Å². The van der Waals surface area contributed by atoms with Crippen molar-refractivity contribution in [1.82, 2.24) is 0 Å². The van der Waals surface area contributed by atoms with Gasteiger partial charge in [0.25, 0.3) is 0 Å². The van der Waals surface area contributed by atoms with Gasteiger partial charge in [-0.2, -0.15) is 8.78 Å². The minimum absolute atomic E-state index is 0.0388. The first-order chi connectivity index (χ1) is 7.04. The largest absolute Gasteiger partial charge is 0.493 e. The molecule has 0 heterocycles. The van der Waals surface area contributed by atoms with Crippen LogP contribution in [0.25, 0.3) is 0 Å². The molecular weight excluding hydrogens is 202 g/mol. The lowest BCUT2D eigenvalue weighted by atomic mass is 10.0. The summed E-state index contributed by atoms with van der Waals surface area (Å²) in [6.45, 7) is 2.89. The van der Waals surface area contributed by atoms with Gasteiger partial charge in [0, 0.05) is 0 Å². The van der Waals surface area contributed by atoms with E-state index < -0.39 is 6.61 Å². The average Bonchev–Trinajstić information content (AvgIpc) is 2.17. The van der Waals surface area contributed by atoms with Crippen LogP contribution in [0.15, 0.2) is 18.2 Å². The summed E-state index contributed by atoms with van der Waals surface area (Å²) in [7, 11) is 1.41. The third-order valence-electron chi connectivity index (χ3n) is 1.97. The second kappa shape index (κ2) is 4.96. The molecule has 0 aliphatic rings. The number of alkyl halides is 2. The average molecular weight is 215 g/mol. The van der Waals surface area contributed by atoms with E-state index in [9.17, 15) is 8.78 Å². The lowest BCUT2D eigenvalue weighted by Crippen LogP contribution is -2.04. The van der Waals surface area contributed by atoms with Crippen molar-refractivity contribution in [2.45, 2.75) is 19.5 Å². The van der Waals surface area contributed by atoms with Gasteiger partial charge in [0.2, 0.25) is 0 Å². The van der Waals surface area contributed by atoms with Crippen molar-refractivity contribution in [2.75, 3.05) is 7.11 Å². The summed E-state index contributed by atoms with van der Waals surface area (Å²) in [4.78, 5) is 0. The molecule has 2 nitrogen and oxygen atoms in total. The molecule has 1 atom stereocenters. The molecule has 15 heavy (non-hydrogen) atoms. The van der Waals surface area contributed by atoms with Gasteiger partial charge in [0.15, 0.2) is 11.5 Å². The van der Waals surface area contributed by atoms with E-state index >= 15 is 0 Å². The minimum Gasteiger partial charge on any atom is -0.493 e. The van der Waals surface area contributed by atoms with Crippen molar-refractivity contribution in [3.63, 3.8) is 0 Å². The lowest BCUT2D eigenvalue weighted by Gasteiger charge is -2.12. The van der Waals surface area contributed by atoms with Gasteiger partial charge in [-0.15, -0.1) is 0 Å². The SMILES string of the molecule is [CH2]C(C)c1ccc(OC(F)F)c(OC)c1. The standard InChI is InChI=1S/C11H13F2O2/c1-7(2)8-4-5-9(15-11(12)13)10(6-8)14-3/h4-7,11H,1H2,2-3H3. The van der Waals surface area contributed by atoms with Gasteiger partial charge in [0.05, 0.1) is 7.11 Å². The molecule has 83 valence electrons. The Labute approximate surface area is 87.8 Å². The lowest BCUT2D eigenvalue weighted by molar-refractivity contribution is -0.0512. The predicted octanol–water partition coefficient (Wildman–Crippen LogP) is 3.23. The second-order valence-electron chi connectivity index (χ2n) is 3.19. The van der Waals surface area contributed by atoms with E-state index in [4.69, 9.17) is 4.74 Å². The normalized spacial score (nSPS) is 10.9. The molecule has 1 radical (unpaired) electrons. The Morgan fingerprint density at radius 2 is 1.93 bits per heavy atom. The van der Waals surface area contributed by atoms with Crippen molar-refractivity contribution < 1.29 is 18.3 Å². The number of hydrogen-bond acceptors (Lipinski definition) is 2. The van der Waals surface area contributed by atoms with Gasteiger partial charge in [0.1, 0.15) is 0 Å². The Morgan fingerprint density at radius 3 is 2.40 bits per heavy atom. The Kier molecular flexibility index (Phi) is 3.88. The highest BCUT2D eigenvalue weighted by Crippen LogP contribution is 2.31. The van der Waals surface area contributed by atoms with Crippen LogP contribution in [0.2, 0.25) is 0 Å². The Bertz CT molecular complexity index is 324. The molecule has 0 aliphatic heterocycles. The number of ether oxygens (including phenoxy) is 2. The van der Waals surface area contributed by atoms with Gasteiger partial charge >= 0.3 is 6.61 Å². The summed E-state index contributed by atoms with van der Waals surface area (Å²) in [6.07, 6.45) is 0. The number of methoxy groups -OCH3 is 1. The smallest absolute Gasteiger partial charge is 0.387 e. The van der Waals surface area contributed by atoms with E-state index in [1.807, 2.05) is 6.92 Å². The van der Waals surface area contributed by atoms with Crippen molar-refractivity contribution in [2.24, 2.45) is 0 Å². The first kappa shape index (κ1) is 11.8. The molecule has 0 aliphatic carbocycles. The van der Waals surface area contributed by atoms with Crippen LogP contribution in [0.4, 0.5) is 8.78 Å². The molecular formula is C11H13F2O2. The molecule has 0 saturated heterocycles. The first-order valence-electron chi connectivity index (χ1n) is 4.50. The zero-order valence-electron chi connectivity index (χ0n) is 8.67. The quantitative estimate of drug-likeness (QED) is 0.767. The van der Waals surface area contributed by atoms with E-state index in [-0.39, 0.29) is 11.7 Å². The van der Waals surface area contributed by atoms with Gasteiger partial charge in [-0.1, -0.05) is 13.0 Å². The third-order valence-corrected chi connectivity index (χ3v) is 1.97. The van der Waals surface area contributed by atoms with E-state index in [1.54, 1.807) is 12.1 Å². The summed E-state index contributed by atoms with van der Waals surface area (Å²) in [5.74, 6) is 0.403. The number of halogens is 2. The Hall–Kier alpha value is -1.32. The van der Waals surface area contributed by atoms with E-state index in [0.717, 1.165) is 5.56 Å². The van der Waals surface area contributed by atoms with Crippen molar-refractivity contribution >= 4 is 0 Å². The van der Waals surface area contributed by atoms with Crippen LogP contribution in [-0.2, 0) is 0 Å². The number of hydrogen-bond donors (Lipinski definition) is 0.